The first-order valence-corrected chi connectivity index (χ1v) is 12.2. The fourth-order valence-corrected chi connectivity index (χ4v) is 5.35. The largest absolute Gasteiger partial charge is 0.469 e. The zero-order valence-electron chi connectivity index (χ0n) is 20.1. The number of methoxy groups -OCH3 is 1. The van der Waals surface area contributed by atoms with Crippen LogP contribution in [0.1, 0.15) is 30.4 Å². The maximum absolute atomic E-state index is 13.1. The Morgan fingerprint density at radius 1 is 1.09 bits per heavy atom. The lowest BCUT2D eigenvalue weighted by molar-refractivity contribution is -0.141. The Morgan fingerprint density at radius 2 is 1.83 bits per heavy atom. The van der Waals surface area contributed by atoms with E-state index >= 15 is 0 Å². The second-order valence-electron chi connectivity index (χ2n) is 9.39. The minimum atomic E-state index is -4.34. The number of rotatable bonds is 7. The molecular weight excluding hydrogens is 457 g/mol. The Hall–Kier alpha value is -2.65. The maximum Gasteiger partial charge on any atom is 0.416 e. The minimum absolute atomic E-state index is 0.190. The van der Waals surface area contributed by atoms with Crippen LogP contribution in [0.3, 0.4) is 0 Å². The number of esters is 1. The second kappa shape index (κ2) is 11.4. The molecule has 2 fully saturated rings. The van der Waals surface area contributed by atoms with Crippen LogP contribution < -0.4 is 4.90 Å². The van der Waals surface area contributed by atoms with Gasteiger partial charge in [0.15, 0.2) is 0 Å². The van der Waals surface area contributed by atoms with Gasteiger partial charge in [-0.05, 0) is 61.2 Å². The monoisotopic (exact) mass is 490 g/mol. The molecule has 0 amide bonds. The summed E-state index contributed by atoms with van der Waals surface area (Å²) in [6, 6.07) is 9.99. The molecule has 2 atom stereocenters. The van der Waals surface area contributed by atoms with E-state index < -0.39 is 11.7 Å². The first kappa shape index (κ1) is 25.4. The quantitative estimate of drug-likeness (QED) is 0.546. The van der Waals surface area contributed by atoms with Crippen LogP contribution in [-0.2, 0) is 22.3 Å². The maximum atomic E-state index is 13.1. The van der Waals surface area contributed by atoms with Crippen LogP contribution in [0.25, 0.3) is 0 Å². The number of alkyl halides is 3. The van der Waals surface area contributed by atoms with Gasteiger partial charge in [-0.15, -0.1) is 0 Å². The lowest BCUT2D eigenvalue weighted by atomic mass is 9.86. The first-order valence-electron chi connectivity index (χ1n) is 12.2. The van der Waals surface area contributed by atoms with Crippen molar-refractivity contribution in [3.05, 3.63) is 59.9 Å². The van der Waals surface area contributed by atoms with Gasteiger partial charge in [0, 0.05) is 69.8 Å². The van der Waals surface area contributed by atoms with Gasteiger partial charge >= 0.3 is 12.1 Å². The van der Waals surface area contributed by atoms with Gasteiger partial charge in [-0.1, -0.05) is 6.07 Å². The van der Waals surface area contributed by atoms with Gasteiger partial charge in [0.05, 0.1) is 12.7 Å². The van der Waals surface area contributed by atoms with Crippen molar-refractivity contribution in [3.63, 3.8) is 0 Å². The van der Waals surface area contributed by atoms with Gasteiger partial charge in [0.1, 0.15) is 0 Å². The number of halogens is 3. The SMILES string of the molecule is COC(=O)CC[C@@H]1CN(Cc2ccncc2)CC[C@@H]1N1CCN(c2cccc(C(F)(F)F)c2)CC1. The minimum Gasteiger partial charge on any atom is -0.469 e. The topological polar surface area (TPSA) is 48.9 Å². The number of hydrogen-bond acceptors (Lipinski definition) is 6. The Labute approximate surface area is 204 Å². The summed E-state index contributed by atoms with van der Waals surface area (Å²) in [4.78, 5) is 22.9. The van der Waals surface area contributed by atoms with Crippen LogP contribution in [0.5, 0.6) is 0 Å². The van der Waals surface area contributed by atoms with Crippen molar-refractivity contribution >= 4 is 11.7 Å². The molecule has 0 bridgehead atoms. The highest BCUT2D eigenvalue weighted by Gasteiger charge is 2.35. The third kappa shape index (κ3) is 6.73. The zero-order chi connectivity index (χ0) is 24.8. The fraction of sp³-hybridized carbons (Fsp3) is 0.538. The molecule has 35 heavy (non-hydrogen) atoms. The molecule has 2 aliphatic rings. The van der Waals surface area contributed by atoms with Gasteiger partial charge in [0.25, 0.3) is 0 Å². The predicted octanol–water partition coefficient (Wildman–Crippen LogP) is 4.07. The average molecular weight is 491 g/mol. The summed E-state index contributed by atoms with van der Waals surface area (Å²) in [7, 11) is 1.42. The highest BCUT2D eigenvalue weighted by Crippen LogP contribution is 2.33. The van der Waals surface area contributed by atoms with E-state index in [-0.39, 0.29) is 5.97 Å². The number of hydrogen-bond donors (Lipinski definition) is 0. The molecule has 9 heteroatoms. The summed E-state index contributed by atoms with van der Waals surface area (Å²) in [5.41, 5.74) is 1.23. The van der Waals surface area contributed by atoms with Crippen LogP contribution in [0.4, 0.5) is 18.9 Å². The lowest BCUT2D eigenvalue weighted by Gasteiger charge is -2.47. The number of aromatic nitrogens is 1. The van der Waals surface area contributed by atoms with Crippen LogP contribution >= 0.6 is 0 Å². The van der Waals surface area contributed by atoms with E-state index in [0.717, 1.165) is 51.6 Å². The number of ether oxygens (including phenoxy) is 1. The van der Waals surface area contributed by atoms with E-state index in [1.54, 1.807) is 18.5 Å². The van der Waals surface area contributed by atoms with Crippen LogP contribution in [0, 0.1) is 5.92 Å². The molecule has 0 saturated carbocycles. The first-order chi connectivity index (χ1) is 16.8. The molecule has 2 saturated heterocycles. The molecule has 190 valence electrons. The van der Waals surface area contributed by atoms with E-state index in [4.69, 9.17) is 4.74 Å². The average Bonchev–Trinajstić information content (AvgIpc) is 2.88. The molecule has 6 nitrogen and oxygen atoms in total. The molecule has 1 aromatic heterocycles. The Morgan fingerprint density at radius 3 is 2.51 bits per heavy atom. The van der Waals surface area contributed by atoms with Crippen molar-refractivity contribution in [1.29, 1.82) is 0 Å². The van der Waals surface area contributed by atoms with Gasteiger partial charge in [-0.3, -0.25) is 19.6 Å². The molecule has 2 aliphatic heterocycles. The summed E-state index contributed by atoms with van der Waals surface area (Å²) in [6.45, 7) is 5.67. The van der Waals surface area contributed by atoms with Crippen molar-refractivity contribution in [1.82, 2.24) is 14.8 Å². The summed E-state index contributed by atoms with van der Waals surface area (Å²) >= 11 is 0. The number of benzene rings is 1. The molecule has 0 spiro atoms. The molecule has 0 unspecified atom stereocenters. The van der Waals surface area contributed by atoms with Gasteiger partial charge in [-0.25, -0.2) is 0 Å². The highest BCUT2D eigenvalue weighted by atomic mass is 19.4. The number of carbonyl (C=O) groups is 1. The summed E-state index contributed by atoms with van der Waals surface area (Å²) in [6.07, 6.45) is 1.43. The predicted molar refractivity (Wildman–Crippen MR) is 128 cm³/mol. The van der Waals surface area contributed by atoms with Crippen molar-refractivity contribution in [2.75, 3.05) is 51.3 Å². The number of anilines is 1. The van der Waals surface area contributed by atoms with E-state index in [1.807, 2.05) is 17.0 Å². The zero-order valence-corrected chi connectivity index (χ0v) is 20.1. The number of carbonyl (C=O) groups excluding carboxylic acids is 1. The van der Waals surface area contributed by atoms with Crippen LogP contribution in [-0.4, -0.2) is 73.2 Å². The molecular formula is C26H33F3N4O2. The molecule has 2 aromatic rings. The van der Waals surface area contributed by atoms with Crippen LogP contribution in [0.15, 0.2) is 48.8 Å². The number of pyridine rings is 1. The van der Waals surface area contributed by atoms with E-state index in [2.05, 4.69) is 14.8 Å². The van der Waals surface area contributed by atoms with Crippen molar-refractivity contribution < 1.29 is 22.7 Å². The number of nitrogens with zero attached hydrogens (tertiary/aromatic N) is 4. The molecule has 1 aromatic carbocycles. The van der Waals surface area contributed by atoms with E-state index in [9.17, 15) is 18.0 Å². The lowest BCUT2D eigenvalue weighted by Crippen LogP contribution is -2.56. The molecule has 0 N–H and O–H groups in total. The van der Waals surface area contributed by atoms with Crippen molar-refractivity contribution in [2.24, 2.45) is 5.92 Å². The summed E-state index contributed by atoms with van der Waals surface area (Å²) in [5.74, 6) is 0.133. The molecule has 3 heterocycles. The van der Waals surface area contributed by atoms with Crippen LogP contribution in [0.2, 0.25) is 0 Å². The summed E-state index contributed by atoms with van der Waals surface area (Å²) in [5, 5.41) is 0. The van der Waals surface area contributed by atoms with Gasteiger partial charge in [-0.2, -0.15) is 13.2 Å². The Balaban J connectivity index is 1.39. The van der Waals surface area contributed by atoms with E-state index in [0.29, 0.717) is 37.2 Å². The van der Waals surface area contributed by atoms with Gasteiger partial charge in [0.2, 0.25) is 0 Å². The van der Waals surface area contributed by atoms with E-state index in [1.165, 1.54) is 24.8 Å². The highest BCUT2D eigenvalue weighted by molar-refractivity contribution is 5.69. The molecule has 0 aliphatic carbocycles. The standard InChI is InChI=1S/C26H33F3N4O2/c1-35-25(34)6-5-21-19-31(18-20-7-10-30-11-8-20)12-9-24(21)33-15-13-32(14-16-33)23-4-2-3-22(17-23)26(27,28)29/h2-4,7-8,10-11,17,21,24H,5-6,9,12-16,18-19H2,1H3/t21-,24+/m1/s1. The van der Waals surface area contributed by atoms with Crippen molar-refractivity contribution in [2.45, 2.75) is 38.0 Å². The number of likely N-dealkylation sites (tertiary alicyclic amines) is 1. The Kier molecular flexibility index (Phi) is 8.28. The third-order valence-corrected chi connectivity index (χ3v) is 7.20. The Bertz CT molecular complexity index is 965. The smallest absolute Gasteiger partial charge is 0.416 e. The number of piperidine rings is 1. The summed E-state index contributed by atoms with van der Waals surface area (Å²) < 4.78 is 44.3. The fourth-order valence-electron chi connectivity index (χ4n) is 5.35. The van der Waals surface area contributed by atoms with Crippen molar-refractivity contribution in [3.8, 4) is 0 Å². The normalized spacial score (nSPS) is 22.2. The molecule has 0 radical (unpaired) electrons. The second-order valence-corrected chi connectivity index (χ2v) is 9.39. The molecule has 4 rings (SSSR count). The third-order valence-electron chi connectivity index (χ3n) is 7.20. The number of piperazine rings is 1. The van der Waals surface area contributed by atoms with Gasteiger partial charge < -0.3 is 9.64 Å².